The number of hydrogen-bond acceptors (Lipinski definition) is 2. The van der Waals surface area contributed by atoms with Crippen LogP contribution in [0.3, 0.4) is 0 Å². The van der Waals surface area contributed by atoms with E-state index in [2.05, 4.69) is 31.0 Å². The van der Waals surface area contributed by atoms with E-state index in [0.29, 0.717) is 6.04 Å². The van der Waals surface area contributed by atoms with Crippen molar-refractivity contribution < 1.29 is 4.39 Å². The zero-order valence-corrected chi connectivity index (χ0v) is 11.7. The van der Waals surface area contributed by atoms with E-state index in [4.69, 9.17) is 0 Å². The summed E-state index contributed by atoms with van der Waals surface area (Å²) < 4.78 is 12.9. The second kappa shape index (κ2) is 8.09. The second-order valence-electron chi connectivity index (χ2n) is 4.66. The molecule has 0 fully saturated rings. The molecule has 0 spiro atoms. The minimum Gasteiger partial charge on any atom is -0.372 e. The first-order valence-corrected chi connectivity index (χ1v) is 6.91. The molecular formula is C15H25FN2. The Hall–Kier alpha value is -1.09. The summed E-state index contributed by atoms with van der Waals surface area (Å²) in [7, 11) is 0. The molecule has 1 aromatic carbocycles. The van der Waals surface area contributed by atoms with Crippen molar-refractivity contribution in [2.24, 2.45) is 0 Å². The van der Waals surface area contributed by atoms with E-state index in [1.54, 1.807) is 0 Å². The summed E-state index contributed by atoms with van der Waals surface area (Å²) in [4.78, 5) is 2.29. The number of hydrogen-bond donors (Lipinski definition) is 1. The molecule has 102 valence electrons. The van der Waals surface area contributed by atoms with Gasteiger partial charge in [0.1, 0.15) is 5.82 Å². The summed E-state index contributed by atoms with van der Waals surface area (Å²) in [5.41, 5.74) is 1.11. The highest BCUT2D eigenvalue weighted by Gasteiger charge is 2.05. The molecule has 0 saturated carbocycles. The fourth-order valence-electron chi connectivity index (χ4n) is 2.16. The van der Waals surface area contributed by atoms with Crippen LogP contribution in [0.5, 0.6) is 0 Å². The molecule has 18 heavy (non-hydrogen) atoms. The largest absolute Gasteiger partial charge is 0.372 e. The summed E-state index contributed by atoms with van der Waals surface area (Å²) in [6, 6.07) is 7.33. The highest BCUT2D eigenvalue weighted by atomic mass is 19.1. The Morgan fingerprint density at radius 2 is 1.89 bits per heavy atom. The van der Waals surface area contributed by atoms with Crippen LogP contribution in [0.25, 0.3) is 0 Å². The Morgan fingerprint density at radius 3 is 2.44 bits per heavy atom. The van der Waals surface area contributed by atoms with E-state index in [1.807, 2.05) is 12.1 Å². The van der Waals surface area contributed by atoms with Gasteiger partial charge >= 0.3 is 0 Å². The highest BCUT2D eigenvalue weighted by molar-refractivity contribution is 5.45. The number of halogens is 1. The van der Waals surface area contributed by atoms with Crippen LogP contribution >= 0.6 is 0 Å². The molecule has 1 atom stereocenters. The predicted molar refractivity (Wildman–Crippen MR) is 76.7 cm³/mol. The summed E-state index contributed by atoms with van der Waals surface area (Å²) in [5.74, 6) is -0.171. The van der Waals surface area contributed by atoms with Gasteiger partial charge < -0.3 is 10.2 Å². The van der Waals surface area contributed by atoms with E-state index in [-0.39, 0.29) is 5.82 Å². The third-order valence-corrected chi connectivity index (χ3v) is 3.19. The van der Waals surface area contributed by atoms with Gasteiger partial charge in [-0.25, -0.2) is 4.39 Å². The van der Waals surface area contributed by atoms with Crippen LogP contribution in [0.2, 0.25) is 0 Å². The average Bonchev–Trinajstić information content (AvgIpc) is 2.36. The lowest BCUT2D eigenvalue weighted by atomic mass is 10.1. The second-order valence-corrected chi connectivity index (χ2v) is 4.66. The van der Waals surface area contributed by atoms with Gasteiger partial charge in [0, 0.05) is 24.8 Å². The Balaban J connectivity index is 2.40. The first-order chi connectivity index (χ1) is 8.67. The molecule has 0 aliphatic heterocycles. The molecular weight excluding hydrogens is 227 g/mol. The van der Waals surface area contributed by atoms with Gasteiger partial charge in [0.2, 0.25) is 0 Å². The average molecular weight is 252 g/mol. The Bertz CT molecular complexity index is 324. The lowest BCUT2D eigenvalue weighted by Crippen LogP contribution is -2.28. The van der Waals surface area contributed by atoms with Crippen molar-refractivity contribution in [3.63, 3.8) is 0 Å². The first-order valence-electron chi connectivity index (χ1n) is 6.91. The smallest absolute Gasteiger partial charge is 0.123 e. The predicted octanol–water partition coefficient (Wildman–Crippen LogP) is 3.43. The van der Waals surface area contributed by atoms with Crippen molar-refractivity contribution in [1.29, 1.82) is 0 Å². The number of nitrogens with zero attached hydrogens (tertiary/aromatic N) is 1. The van der Waals surface area contributed by atoms with Crippen molar-refractivity contribution >= 4 is 5.69 Å². The van der Waals surface area contributed by atoms with E-state index in [9.17, 15) is 4.39 Å². The maximum Gasteiger partial charge on any atom is 0.123 e. The Labute approximate surface area is 110 Å². The van der Waals surface area contributed by atoms with Crippen molar-refractivity contribution in [2.75, 3.05) is 24.5 Å². The molecule has 1 N–H and O–H groups in total. The van der Waals surface area contributed by atoms with Gasteiger partial charge in [-0.1, -0.05) is 6.92 Å². The van der Waals surface area contributed by atoms with Crippen LogP contribution < -0.4 is 10.2 Å². The van der Waals surface area contributed by atoms with Crippen LogP contribution in [0.1, 0.15) is 33.6 Å². The van der Waals surface area contributed by atoms with E-state index >= 15 is 0 Å². The summed E-state index contributed by atoms with van der Waals surface area (Å²) in [6.45, 7) is 9.50. The standard InChI is InChI=1S/C15H25FN2/c1-4-17-13(3)7-6-12-18(5-2)15-10-8-14(16)9-11-15/h8-11,13,17H,4-7,12H2,1-3H3. The van der Waals surface area contributed by atoms with Crippen LogP contribution in [0.15, 0.2) is 24.3 Å². The van der Waals surface area contributed by atoms with E-state index in [1.165, 1.54) is 18.6 Å². The normalized spacial score (nSPS) is 12.4. The lowest BCUT2D eigenvalue weighted by molar-refractivity contribution is 0.511. The SMILES string of the molecule is CCNC(C)CCCN(CC)c1ccc(F)cc1. The zero-order chi connectivity index (χ0) is 13.4. The molecule has 0 aliphatic rings. The molecule has 0 aromatic heterocycles. The minimum absolute atomic E-state index is 0.171. The number of benzene rings is 1. The highest BCUT2D eigenvalue weighted by Crippen LogP contribution is 2.15. The third kappa shape index (κ3) is 5.05. The van der Waals surface area contributed by atoms with Gasteiger partial charge in [-0.3, -0.25) is 0 Å². The van der Waals surface area contributed by atoms with Gasteiger partial charge in [-0.2, -0.15) is 0 Å². The monoisotopic (exact) mass is 252 g/mol. The summed E-state index contributed by atoms with van der Waals surface area (Å²) in [6.07, 6.45) is 2.32. The molecule has 0 amide bonds. The van der Waals surface area contributed by atoms with Crippen molar-refractivity contribution in [3.8, 4) is 0 Å². The maximum atomic E-state index is 12.9. The van der Waals surface area contributed by atoms with E-state index in [0.717, 1.165) is 31.7 Å². The molecule has 1 unspecified atom stereocenters. The number of rotatable bonds is 8. The van der Waals surface area contributed by atoms with Gasteiger partial charge in [0.25, 0.3) is 0 Å². The lowest BCUT2D eigenvalue weighted by Gasteiger charge is -2.24. The molecule has 2 nitrogen and oxygen atoms in total. The molecule has 3 heteroatoms. The van der Waals surface area contributed by atoms with Gasteiger partial charge in [-0.15, -0.1) is 0 Å². The van der Waals surface area contributed by atoms with Crippen LogP contribution in [-0.2, 0) is 0 Å². The molecule has 0 heterocycles. The molecule has 0 saturated heterocycles. The van der Waals surface area contributed by atoms with Crippen molar-refractivity contribution in [1.82, 2.24) is 5.32 Å². The first kappa shape index (κ1) is 15.0. The van der Waals surface area contributed by atoms with Crippen LogP contribution in [0, 0.1) is 5.82 Å². The molecule has 0 bridgehead atoms. The van der Waals surface area contributed by atoms with Crippen LogP contribution in [0.4, 0.5) is 10.1 Å². The van der Waals surface area contributed by atoms with Crippen molar-refractivity contribution in [3.05, 3.63) is 30.1 Å². The fourth-order valence-corrected chi connectivity index (χ4v) is 2.16. The summed E-state index contributed by atoms with van der Waals surface area (Å²) in [5, 5.41) is 3.42. The Morgan fingerprint density at radius 1 is 1.22 bits per heavy atom. The van der Waals surface area contributed by atoms with Crippen LogP contribution in [-0.4, -0.2) is 25.7 Å². The maximum absolute atomic E-state index is 12.9. The summed E-state index contributed by atoms with van der Waals surface area (Å²) >= 11 is 0. The quantitative estimate of drug-likeness (QED) is 0.762. The van der Waals surface area contributed by atoms with Gasteiger partial charge in [-0.05, 0) is 57.5 Å². The van der Waals surface area contributed by atoms with Gasteiger partial charge in [0.15, 0.2) is 0 Å². The minimum atomic E-state index is -0.171. The third-order valence-electron chi connectivity index (χ3n) is 3.19. The molecule has 1 rings (SSSR count). The Kier molecular flexibility index (Phi) is 6.73. The zero-order valence-electron chi connectivity index (χ0n) is 11.7. The topological polar surface area (TPSA) is 15.3 Å². The van der Waals surface area contributed by atoms with Crippen molar-refractivity contribution in [2.45, 2.75) is 39.7 Å². The number of nitrogens with one attached hydrogen (secondary N) is 1. The molecule has 0 radical (unpaired) electrons. The number of anilines is 1. The fraction of sp³-hybridized carbons (Fsp3) is 0.600. The molecule has 0 aliphatic carbocycles. The molecule has 1 aromatic rings. The van der Waals surface area contributed by atoms with E-state index < -0.39 is 0 Å². The van der Waals surface area contributed by atoms with Gasteiger partial charge in [0.05, 0.1) is 0 Å².